The molecule has 7 heteroatoms. The normalized spacial score (nSPS) is 12.2. The Morgan fingerprint density at radius 2 is 2.00 bits per heavy atom. The van der Waals surface area contributed by atoms with Crippen molar-refractivity contribution in [3.05, 3.63) is 11.4 Å². The van der Waals surface area contributed by atoms with E-state index < -0.39 is 6.04 Å². The van der Waals surface area contributed by atoms with Crippen molar-refractivity contribution in [2.45, 2.75) is 39.2 Å². The van der Waals surface area contributed by atoms with Crippen LogP contribution in [0.15, 0.2) is 0 Å². The predicted octanol–water partition coefficient (Wildman–Crippen LogP) is 0.299. The maximum Gasteiger partial charge on any atom is 0.249 e. The average molecular weight is 267 g/mol. The molecule has 1 atom stereocenters. The molecule has 7 nitrogen and oxygen atoms in total. The minimum Gasteiger partial charge on any atom is -0.385 e. The fourth-order valence-electron chi connectivity index (χ4n) is 1.57. The number of nitrogens with one attached hydrogen (secondary N) is 1. The number of nitrogens with zero attached hydrogens (tertiary/aromatic N) is 3. The lowest BCUT2D eigenvalue weighted by atomic mass is 10.2. The van der Waals surface area contributed by atoms with Crippen LogP contribution < -0.4 is 11.1 Å². The smallest absolute Gasteiger partial charge is 0.249 e. The van der Waals surface area contributed by atoms with Crippen LogP contribution in [0, 0.1) is 0 Å². The van der Waals surface area contributed by atoms with Crippen LogP contribution in [-0.4, -0.2) is 40.8 Å². The van der Waals surface area contributed by atoms with Gasteiger partial charge in [-0.25, -0.2) is 4.98 Å². The lowest BCUT2D eigenvalue weighted by Gasteiger charge is -2.11. The van der Waals surface area contributed by atoms with Crippen molar-refractivity contribution in [3.8, 4) is 0 Å². The Labute approximate surface area is 113 Å². The monoisotopic (exact) mass is 267 g/mol. The van der Waals surface area contributed by atoms with Crippen molar-refractivity contribution in [3.63, 3.8) is 0 Å². The van der Waals surface area contributed by atoms with E-state index >= 15 is 0 Å². The third kappa shape index (κ3) is 4.53. The molecule has 106 valence electrons. The first kappa shape index (κ1) is 15.5. The Balaban J connectivity index is 2.69. The number of carbonyl (C=O) groups is 1. The highest BCUT2D eigenvalue weighted by molar-refractivity contribution is 5.93. The van der Waals surface area contributed by atoms with Crippen molar-refractivity contribution in [1.82, 2.24) is 15.2 Å². The topological polar surface area (TPSA) is 103 Å². The predicted molar refractivity (Wildman–Crippen MR) is 71.7 cm³/mol. The van der Waals surface area contributed by atoms with Gasteiger partial charge in [0.15, 0.2) is 0 Å². The molecule has 0 saturated carbocycles. The first-order valence-corrected chi connectivity index (χ1v) is 6.40. The van der Waals surface area contributed by atoms with Gasteiger partial charge >= 0.3 is 0 Å². The molecule has 1 heterocycles. The van der Waals surface area contributed by atoms with Gasteiger partial charge in [-0.2, -0.15) is 0 Å². The standard InChI is InChI=1S/C12H21N5O2/c1-4-9-10(5-2)16-17-12(14-9)15-11(18)8(13)6-7-19-3/h8H,4-7,13H2,1-3H3,(H,14,15,17,18). The molecule has 3 N–H and O–H groups in total. The zero-order valence-corrected chi connectivity index (χ0v) is 11.6. The summed E-state index contributed by atoms with van der Waals surface area (Å²) in [6.07, 6.45) is 1.96. The Hall–Kier alpha value is -1.60. The summed E-state index contributed by atoms with van der Waals surface area (Å²) in [6, 6.07) is -0.639. The number of aromatic nitrogens is 3. The molecular weight excluding hydrogens is 246 g/mol. The first-order valence-electron chi connectivity index (χ1n) is 6.40. The largest absolute Gasteiger partial charge is 0.385 e. The molecule has 0 aliphatic heterocycles. The van der Waals surface area contributed by atoms with Crippen molar-refractivity contribution in [1.29, 1.82) is 0 Å². The molecule has 1 aromatic rings. The summed E-state index contributed by atoms with van der Waals surface area (Å²) in [7, 11) is 1.56. The summed E-state index contributed by atoms with van der Waals surface area (Å²) in [5.41, 5.74) is 7.41. The van der Waals surface area contributed by atoms with Gasteiger partial charge in [0.05, 0.1) is 17.4 Å². The summed E-state index contributed by atoms with van der Waals surface area (Å²) in [5.74, 6) is -0.128. The van der Waals surface area contributed by atoms with Crippen LogP contribution in [0.1, 0.15) is 31.7 Å². The van der Waals surface area contributed by atoms with Crippen molar-refractivity contribution in [2.75, 3.05) is 19.0 Å². The fraction of sp³-hybridized carbons (Fsp3) is 0.667. The quantitative estimate of drug-likeness (QED) is 0.736. The van der Waals surface area contributed by atoms with E-state index in [0.29, 0.717) is 13.0 Å². The van der Waals surface area contributed by atoms with E-state index in [1.165, 1.54) is 0 Å². The number of hydrogen-bond donors (Lipinski definition) is 2. The Kier molecular flexibility index (Phi) is 6.31. The number of anilines is 1. The highest BCUT2D eigenvalue weighted by atomic mass is 16.5. The summed E-state index contributed by atoms with van der Waals surface area (Å²) in [6.45, 7) is 4.41. The number of rotatable bonds is 7. The number of hydrogen-bond acceptors (Lipinski definition) is 6. The van der Waals surface area contributed by atoms with Gasteiger partial charge < -0.3 is 10.5 Å². The second kappa shape index (κ2) is 7.75. The molecule has 1 amide bonds. The van der Waals surface area contributed by atoms with Gasteiger partial charge in [0.2, 0.25) is 11.9 Å². The minimum atomic E-state index is -0.639. The zero-order valence-electron chi connectivity index (χ0n) is 11.6. The molecule has 0 spiro atoms. The van der Waals surface area contributed by atoms with Gasteiger partial charge in [-0.15, -0.1) is 10.2 Å². The summed E-state index contributed by atoms with van der Waals surface area (Å²) in [5, 5.41) is 10.5. The van der Waals surface area contributed by atoms with Gasteiger partial charge in [-0.3, -0.25) is 10.1 Å². The second-order valence-corrected chi connectivity index (χ2v) is 4.11. The Bertz CT molecular complexity index is 425. The highest BCUT2D eigenvalue weighted by Crippen LogP contribution is 2.07. The van der Waals surface area contributed by atoms with Crippen LogP contribution in [0.5, 0.6) is 0 Å². The highest BCUT2D eigenvalue weighted by Gasteiger charge is 2.15. The average Bonchev–Trinajstić information content (AvgIpc) is 2.44. The maximum atomic E-state index is 11.8. The second-order valence-electron chi connectivity index (χ2n) is 4.11. The van der Waals surface area contributed by atoms with Crippen molar-refractivity contribution in [2.24, 2.45) is 5.73 Å². The number of methoxy groups -OCH3 is 1. The molecule has 0 fully saturated rings. The molecule has 0 aromatic carbocycles. The molecular formula is C12H21N5O2. The lowest BCUT2D eigenvalue weighted by molar-refractivity contribution is -0.117. The fourth-order valence-corrected chi connectivity index (χ4v) is 1.57. The summed E-state index contributed by atoms with van der Waals surface area (Å²) >= 11 is 0. The van der Waals surface area contributed by atoms with E-state index in [-0.39, 0.29) is 11.9 Å². The van der Waals surface area contributed by atoms with Gasteiger partial charge in [0, 0.05) is 13.7 Å². The van der Waals surface area contributed by atoms with E-state index in [2.05, 4.69) is 20.5 Å². The molecule has 0 aliphatic rings. The third-order valence-electron chi connectivity index (χ3n) is 2.71. The third-order valence-corrected chi connectivity index (χ3v) is 2.71. The van der Waals surface area contributed by atoms with Crippen LogP contribution in [0.3, 0.4) is 0 Å². The van der Waals surface area contributed by atoms with E-state index in [0.717, 1.165) is 24.2 Å². The molecule has 1 unspecified atom stereocenters. The summed E-state index contributed by atoms with van der Waals surface area (Å²) < 4.78 is 4.88. The van der Waals surface area contributed by atoms with E-state index in [9.17, 15) is 4.79 Å². The molecule has 1 rings (SSSR count). The van der Waals surface area contributed by atoms with E-state index in [1.54, 1.807) is 7.11 Å². The number of amides is 1. The van der Waals surface area contributed by atoms with E-state index in [4.69, 9.17) is 10.5 Å². The van der Waals surface area contributed by atoms with Gasteiger partial charge in [-0.05, 0) is 19.3 Å². The Morgan fingerprint density at radius 3 is 2.58 bits per heavy atom. The number of nitrogens with two attached hydrogens (primary N) is 1. The molecule has 0 aliphatic carbocycles. The van der Waals surface area contributed by atoms with Crippen LogP contribution >= 0.6 is 0 Å². The van der Waals surface area contributed by atoms with Crippen LogP contribution in [-0.2, 0) is 22.4 Å². The van der Waals surface area contributed by atoms with Crippen LogP contribution in [0.25, 0.3) is 0 Å². The number of carbonyl (C=O) groups excluding carboxylic acids is 1. The number of ether oxygens (including phenoxy) is 1. The SMILES string of the molecule is CCc1nnc(NC(=O)C(N)CCOC)nc1CC. The maximum absolute atomic E-state index is 11.8. The zero-order chi connectivity index (χ0) is 14.3. The molecule has 0 radical (unpaired) electrons. The van der Waals surface area contributed by atoms with Gasteiger partial charge in [-0.1, -0.05) is 13.8 Å². The first-order chi connectivity index (χ1) is 9.12. The Morgan fingerprint density at radius 1 is 1.32 bits per heavy atom. The van der Waals surface area contributed by atoms with Crippen LogP contribution in [0.4, 0.5) is 5.95 Å². The summed E-state index contributed by atoms with van der Waals surface area (Å²) in [4.78, 5) is 16.0. The van der Waals surface area contributed by atoms with Crippen LogP contribution in [0.2, 0.25) is 0 Å². The lowest BCUT2D eigenvalue weighted by Crippen LogP contribution is -2.37. The molecule has 1 aromatic heterocycles. The molecule has 19 heavy (non-hydrogen) atoms. The van der Waals surface area contributed by atoms with Gasteiger partial charge in [0.25, 0.3) is 0 Å². The molecule has 0 bridgehead atoms. The minimum absolute atomic E-state index is 0.201. The number of aryl methyl sites for hydroxylation is 2. The van der Waals surface area contributed by atoms with Gasteiger partial charge in [0.1, 0.15) is 0 Å². The van der Waals surface area contributed by atoms with Crippen molar-refractivity contribution >= 4 is 11.9 Å². The van der Waals surface area contributed by atoms with Crippen molar-refractivity contribution < 1.29 is 9.53 Å². The van der Waals surface area contributed by atoms with E-state index in [1.807, 2.05) is 13.8 Å². The molecule has 0 saturated heterocycles.